The molecule has 0 amide bonds. The van der Waals surface area contributed by atoms with Crippen molar-refractivity contribution in [3.8, 4) is 11.5 Å². The molecule has 8 rings (SSSR count). The topological polar surface area (TPSA) is 183 Å². The molecule has 0 atom stereocenters. The average Bonchev–Trinajstić information content (AvgIpc) is 3.69. The summed E-state index contributed by atoms with van der Waals surface area (Å²) in [6.07, 6.45) is 0.434. The molecule has 4 aliphatic rings. The van der Waals surface area contributed by atoms with E-state index in [0.29, 0.717) is 6.42 Å². The Kier molecular flexibility index (Phi) is 6.37. The van der Waals surface area contributed by atoms with Crippen molar-refractivity contribution in [1.29, 1.82) is 0 Å². The zero-order valence-electron chi connectivity index (χ0n) is 22.9. The molecule has 46 heavy (non-hydrogen) atoms. The van der Waals surface area contributed by atoms with Crippen molar-refractivity contribution < 1.29 is 62.0 Å². The van der Waals surface area contributed by atoms with Crippen molar-refractivity contribution in [3.63, 3.8) is 0 Å². The van der Waals surface area contributed by atoms with Gasteiger partial charge in [-0.15, -0.1) is 0 Å². The molecule has 4 aromatic carbocycles. The minimum absolute atomic E-state index is 0.114. The van der Waals surface area contributed by atoms with Gasteiger partial charge in [-0.3, -0.25) is 0 Å². The highest BCUT2D eigenvalue weighted by Gasteiger charge is 2.33. The molecule has 0 N–H and O–H groups in total. The number of carbonyl (C=O) groups excluding carboxylic acids is 8. The van der Waals surface area contributed by atoms with Crippen molar-refractivity contribution in [2.75, 3.05) is 0 Å². The summed E-state index contributed by atoms with van der Waals surface area (Å²) in [5.74, 6) is -4.90. The van der Waals surface area contributed by atoms with E-state index < -0.39 is 47.8 Å². The number of hydrogen-bond acceptors (Lipinski definition) is 13. The molecule has 0 bridgehead atoms. The summed E-state index contributed by atoms with van der Waals surface area (Å²) in [6, 6.07) is 18.3. The van der Waals surface area contributed by atoms with Crippen LogP contribution in [0.4, 0.5) is 0 Å². The number of esters is 8. The summed E-state index contributed by atoms with van der Waals surface area (Å²) in [5.41, 5.74) is 3.12. The molecule has 0 saturated carbocycles. The molecular weight excluding hydrogens is 604 g/mol. The third kappa shape index (κ3) is 4.77. The van der Waals surface area contributed by atoms with Crippen LogP contribution in [0.1, 0.15) is 94.0 Å². The molecule has 0 unspecified atom stereocenters. The summed E-state index contributed by atoms with van der Waals surface area (Å²) in [5, 5.41) is 0. The predicted molar refractivity (Wildman–Crippen MR) is 148 cm³/mol. The summed E-state index contributed by atoms with van der Waals surface area (Å²) in [7, 11) is 0. The van der Waals surface area contributed by atoms with E-state index in [4.69, 9.17) is 4.74 Å². The highest BCUT2D eigenvalue weighted by Crippen LogP contribution is 2.31. The van der Waals surface area contributed by atoms with Gasteiger partial charge in [-0.05, 0) is 78.2 Å². The fourth-order valence-electron chi connectivity index (χ4n) is 5.11. The van der Waals surface area contributed by atoms with E-state index in [1.54, 1.807) is 36.4 Å². The Morgan fingerprint density at radius 3 is 0.978 bits per heavy atom. The molecule has 0 radical (unpaired) electrons. The van der Waals surface area contributed by atoms with Crippen LogP contribution in [0.5, 0.6) is 11.5 Å². The lowest BCUT2D eigenvalue weighted by atomic mass is 9.98. The Hall–Kier alpha value is -6.76. The number of cyclic esters (lactones) is 8. The average molecular weight is 618 g/mol. The Morgan fingerprint density at radius 1 is 0.348 bits per heavy atom. The van der Waals surface area contributed by atoms with Crippen LogP contribution in [0.25, 0.3) is 0 Å². The summed E-state index contributed by atoms with van der Waals surface area (Å²) in [4.78, 5) is 91.7. The number of carbonyl (C=O) groups is 8. The zero-order chi connectivity index (χ0) is 32.3. The zero-order valence-corrected chi connectivity index (χ0v) is 22.9. The van der Waals surface area contributed by atoms with E-state index in [1.165, 1.54) is 36.4 Å². The second-order valence-corrected chi connectivity index (χ2v) is 10.2. The molecule has 4 aromatic rings. The lowest BCUT2D eigenvalue weighted by molar-refractivity contribution is 0.0425. The van der Waals surface area contributed by atoms with Gasteiger partial charge in [0.25, 0.3) is 0 Å². The third-order valence-electron chi connectivity index (χ3n) is 7.29. The molecule has 13 nitrogen and oxygen atoms in total. The molecule has 0 aliphatic carbocycles. The maximum atomic E-state index is 11.6. The van der Waals surface area contributed by atoms with E-state index >= 15 is 0 Å². The molecule has 224 valence electrons. The summed E-state index contributed by atoms with van der Waals surface area (Å²) in [6.45, 7) is 0. The SMILES string of the molecule is O=C1OC(=O)c2cc(Cc3ccc4c(c3)C(=O)OC4=O)ccc21.O=C1OC(=O)c2cc(Oc3ccc4c(c3)C(=O)OC4=O)ccc21. The van der Waals surface area contributed by atoms with Crippen LogP contribution in [-0.2, 0) is 25.4 Å². The number of fused-ring (bicyclic) bond motifs is 4. The van der Waals surface area contributed by atoms with E-state index in [9.17, 15) is 38.4 Å². The molecule has 4 heterocycles. The molecule has 13 heteroatoms. The first-order valence-electron chi connectivity index (χ1n) is 13.3. The van der Waals surface area contributed by atoms with Crippen molar-refractivity contribution in [3.05, 3.63) is 128 Å². The van der Waals surface area contributed by atoms with Gasteiger partial charge in [0.05, 0.1) is 44.5 Å². The van der Waals surface area contributed by atoms with Crippen LogP contribution in [0, 0.1) is 0 Å². The second kappa shape index (κ2) is 10.4. The number of hydrogen-bond donors (Lipinski definition) is 0. The first-order valence-corrected chi connectivity index (χ1v) is 13.3. The van der Waals surface area contributed by atoms with Crippen LogP contribution in [-0.4, -0.2) is 47.8 Å². The van der Waals surface area contributed by atoms with E-state index in [0.717, 1.165) is 11.1 Å². The van der Waals surface area contributed by atoms with Crippen molar-refractivity contribution in [1.82, 2.24) is 0 Å². The largest absolute Gasteiger partial charge is 0.457 e. The van der Waals surface area contributed by atoms with Gasteiger partial charge in [0, 0.05) is 0 Å². The van der Waals surface area contributed by atoms with Gasteiger partial charge in [-0.1, -0.05) is 12.1 Å². The maximum absolute atomic E-state index is 11.6. The van der Waals surface area contributed by atoms with Crippen molar-refractivity contribution in [2.24, 2.45) is 0 Å². The Morgan fingerprint density at radius 2 is 0.630 bits per heavy atom. The summed E-state index contributed by atoms with van der Waals surface area (Å²) < 4.78 is 23.6. The van der Waals surface area contributed by atoms with Gasteiger partial charge in [0.1, 0.15) is 11.5 Å². The van der Waals surface area contributed by atoms with E-state index in [2.05, 4.69) is 18.9 Å². The maximum Gasteiger partial charge on any atom is 0.347 e. The van der Waals surface area contributed by atoms with Crippen LogP contribution in [0.15, 0.2) is 72.8 Å². The van der Waals surface area contributed by atoms with Crippen LogP contribution < -0.4 is 4.74 Å². The first-order chi connectivity index (χ1) is 22.0. The summed E-state index contributed by atoms with van der Waals surface area (Å²) >= 11 is 0. The van der Waals surface area contributed by atoms with Gasteiger partial charge in [0.15, 0.2) is 0 Å². The Balaban J connectivity index is 0.000000147. The minimum Gasteiger partial charge on any atom is -0.457 e. The second-order valence-electron chi connectivity index (χ2n) is 10.2. The number of benzene rings is 4. The third-order valence-corrected chi connectivity index (χ3v) is 7.29. The molecule has 0 saturated heterocycles. The Labute approximate surface area is 256 Å². The van der Waals surface area contributed by atoms with Gasteiger partial charge in [-0.25, -0.2) is 38.4 Å². The van der Waals surface area contributed by atoms with E-state index in [-0.39, 0.29) is 56.0 Å². The number of ether oxygens (including phenoxy) is 5. The molecule has 0 aromatic heterocycles. The van der Waals surface area contributed by atoms with Gasteiger partial charge >= 0.3 is 47.8 Å². The monoisotopic (exact) mass is 618 g/mol. The van der Waals surface area contributed by atoms with Crippen LogP contribution in [0.2, 0.25) is 0 Å². The Bertz CT molecular complexity index is 1850. The smallest absolute Gasteiger partial charge is 0.347 e. The molecule has 0 spiro atoms. The fourth-order valence-corrected chi connectivity index (χ4v) is 5.11. The first kappa shape index (κ1) is 28.0. The van der Waals surface area contributed by atoms with E-state index in [1.807, 2.05) is 0 Å². The van der Waals surface area contributed by atoms with Gasteiger partial charge in [-0.2, -0.15) is 0 Å². The van der Waals surface area contributed by atoms with Crippen molar-refractivity contribution in [2.45, 2.75) is 6.42 Å². The molecule has 4 aliphatic heterocycles. The fraction of sp³-hybridized carbons (Fsp3) is 0.0303. The normalized spacial score (nSPS) is 15.2. The molecular formula is C33H14O13. The van der Waals surface area contributed by atoms with Crippen LogP contribution in [0.3, 0.4) is 0 Å². The van der Waals surface area contributed by atoms with Crippen LogP contribution >= 0.6 is 0 Å². The quantitative estimate of drug-likeness (QED) is 0.182. The lowest BCUT2D eigenvalue weighted by Gasteiger charge is -2.06. The molecule has 0 fully saturated rings. The highest BCUT2D eigenvalue weighted by molar-refractivity contribution is 6.17. The highest BCUT2D eigenvalue weighted by atomic mass is 16.6. The lowest BCUT2D eigenvalue weighted by Crippen LogP contribution is -1.98. The predicted octanol–water partition coefficient (Wildman–Crippen LogP) is 4.00. The van der Waals surface area contributed by atoms with Crippen molar-refractivity contribution >= 4 is 47.8 Å². The standard InChI is InChI=1S/C17H8O6.C16H6O7/c18-14-10-3-1-8(6-12(10)16(20)22-14)5-9-2-4-11-13(7-9)17(21)23-15(11)19;17-13-9-3-1-7(5-11(9)15(19)22-13)21-8-2-4-10-12(6-8)16(20)23-14(10)18/h1-4,6-7H,5H2;1-6H. The van der Waals surface area contributed by atoms with Gasteiger partial charge < -0.3 is 23.7 Å². The van der Waals surface area contributed by atoms with Gasteiger partial charge in [0.2, 0.25) is 0 Å². The minimum atomic E-state index is -0.737. The number of rotatable bonds is 4.